The van der Waals surface area contributed by atoms with Crippen LogP contribution in [0.5, 0.6) is 0 Å². The molecule has 8 nitrogen and oxygen atoms in total. The number of amides is 1. The minimum atomic E-state index is 0.0166. The second-order valence-electron chi connectivity index (χ2n) is 8.31. The summed E-state index contributed by atoms with van der Waals surface area (Å²) < 4.78 is 5.57. The van der Waals surface area contributed by atoms with Crippen LogP contribution in [-0.4, -0.2) is 60.9 Å². The number of hydrogen-bond acceptors (Lipinski definition) is 8. The first-order chi connectivity index (χ1) is 17.2. The number of carbonyl (C=O) groups excluding carboxylic acids is 1. The fraction of sp³-hybridized carbons (Fsp3) is 0.346. The molecule has 35 heavy (non-hydrogen) atoms. The molecule has 2 aliphatic rings. The number of nitrogens with one attached hydrogen (secondary N) is 1. The van der Waals surface area contributed by atoms with E-state index in [9.17, 15) is 0 Å². The van der Waals surface area contributed by atoms with E-state index >= 15 is 0 Å². The van der Waals surface area contributed by atoms with Gasteiger partial charge in [0.2, 0.25) is 6.41 Å². The van der Waals surface area contributed by atoms with Gasteiger partial charge in [0.15, 0.2) is 5.82 Å². The van der Waals surface area contributed by atoms with E-state index in [2.05, 4.69) is 52.3 Å². The van der Waals surface area contributed by atoms with Gasteiger partial charge in [-0.3, -0.25) is 4.79 Å². The predicted octanol–water partition coefficient (Wildman–Crippen LogP) is 3.27. The summed E-state index contributed by atoms with van der Waals surface area (Å²) in [5.41, 5.74) is 7.25. The summed E-state index contributed by atoms with van der Waals surface area (Å²) in [7, 11) is 0. The molecule has 9 heteroatoms. The van der Waals surface area contributed by atoms with Gasteiger partial charge in [0.25, 0.3) is 0 Å². The molecule has 1 saturated carbocycles. The van der Waals surface area contributed by atoms with Crippen molar-refractivity contribution in [3.05, 3.63) is 66.4 Å². The normalized spacial score (nSPS) is 16.1. The molecule has 1 aromatic heterocycles. The lowest BCUT2D eigenvalue weighted by atomic mass is 10.1. The largest absolute Gasteiger partial charge is 0.395 e. The van der Waals surface area contributed by atoms with Crippen molar-refractivity contribution in [1.29, 1.82) is 0 Å². The molecule has 1 aliphatic carbocycles. The van der Waals surface area contributed by atoms with Crippen LogP contribution in [0.4, 0.5) is 11.5 Å². The number of rotatable bonds is 8. The number of benzene rings is 2. The molecule has 3 aromatic rings. The van der Waals surface area contributed by atoms with Crippen molar-refractivity contribution in [2.75, 3.05) is 49.7 Å². The molecule has 184 valence electrons. The Morgan fingerprint density at radius 1 is 1.09 bits per heavy atom. The van der Waals surface area contributed by atoms with Gasteiger partial charge in [-0.05, 0) is 49.2 Å². The highest BCUT2D eigenvalue weighted by Gasteiger charge is 2.47. The Balaban J connectivity index is 0.000000917. The van der Waals surface area contributed by atoms with E-state index in [1.165, 1.54) is 4.90 Å². The first-order valence-electron chi connectivity index (χ1n) is 11.7. The molecule has 0 spiro atoms. The fourth-order valence-corrected chi connectivity index (χ4v) is 5.19. The summed E-state index contributed by atoms with van der Waals surface area (Å²) in [6.07, 6.45) is 2.49. The van der Waals surface area contributed by atoms with Crippen LogP contribution in [-0.2, 0) is 14.3 Å². The lowest BCUT2D eigenvalue weighted by Gasteiger charge is -2.29. The van der Waals surface area contributed by atoms with E-state index in [0.717, 1.165) is 67.7 Å². The Hall–Kier alpha value is -3.14. The lowest BCUT2D eigenvalue weighted by Crippen LogP contribution is -2.37. The second kappa shape index (κ2) is 12.0. The van der Waals surface area contributed by atoms with E-state index in [1.807, 2.05) is 36.0 Å². The maximum atomic E-state index is 9.03. The van der Waals surface area contributed by atoms with Gasteiger partial charge in [-0.15, -0.1) is 11.8 Å². The van der Waals surface area contributed by atoms with Gasteiger partial charge in [0.1, 0.15) is 5.82 Å². The Labute approximate surface area is 209 Å². The minimum Gasteiger partial charge on any atom is -0.395 e. The van der Waals surface area contributed by atoms with Crippen molar-refractivity contribution >= 4 is 29.7 Å². The van der Waals surface area contributed by atoms with E-state index in [1.54, 1.807) is 0 Å². The van der Waals surface area contributed by atoms with Crippen molar-refractivity contribution in [1.82, 2.24) is 9.97 Å². The smallest absolute Gasteiger partial charge is 0.204 e. The van der Waals surface area contributed by atoms with Gasteiger partial charge in [-0.25, -0.2) is 9.97 Å². The van der Waals surface area contributed by atoms with Crippen molar-refractivity contribution in [3.63, 3.8) is 0 Å². The molecule has 5 rings (SSSR count). The molecule has 1 amide bonds. The highest BCUT2D eigenvalue weighted by atomic mass is 32.2. The Morgan fingerprint density at radius 2 is 1.77 bits per heavy atom. The van der Waals surface area contributed by atoms with Crippen LogP contribution in [0.1, 0.15) is 18.5 Å². The van der Waals surface area contributed by atoms with Crippen LogP contribution in [0.2, 0.25) is 0 Å². The Bertz CT molecular complexity index is 1090. The number of hydrogen-bond donors (Lipinski definition) is 3. The second-order valence-corrected chi connectivity index (χ2v) is 9.76. The molecule has 0 radical (unpaired) electrons. The van der Waals surface area contributed by atoms with Crippen LogP contribution in [0.25, 0.3) is 11.4 Å². The summed E-state index contributed by atoms with van der Waals surface area (Å²) in [5.74, 6) is 1.74. The molecule has 1 saturated heterocycles. The zero-order valence-corrected chi connectivity index (χ0v) is 20.4. The number of aliphatic hydroxyl groups excluding tert-OH is 1. The number of thioether (sulfide) groups is 1. The van der Waals surface area contributed by atoms with Crippen molar-refractivity contribution in [2.45, 2.75) is 22.5 Å². The molecular weight excluding hydrogens is 462 g/mol. The summed E-state index contributed by atoms with van der Waals surface area (Å²) in [6.45, 7) is 3.79. The van der Waals surface area contributed by atoms with Crippen molar-refractivity contribution in [2.24, 2.45) is 5.73 Å². The molecule has 0 bridgehead atoms. The number of aromatic nitrogens is 2. The number of carbonyl (C=O) groups is 1. The Morgan fingerprint density at radius 3 is 2.40 bits per heavy atom. The van der Waals surface area contributed by atoms with Gasteiger partial charge in [-0.2, -0.15) is 0 Å². The summed E-state index contributed by atoms with van der Waals surface area (Å²) in [4.78, 5) is 22.2. The number of anilines is 2. The topological polar surface area (TPSA) is 114 Å². The first-order valence-corrected chi connectivity index (χ1v) is 12.6. The van der Waals surface area contributed by atoms with E-state index in [0.29, 0.717) is 6.54 Å². The van der Waals surface area contributed by atoms with Crippen LogP contribution < -0.4 is 16.0 Å². The molecule has 2 heterocycles. The van der Waals surface area contributed by atoms with Gasteiger partial charge in [0.05, 0.1) is 30.3 Å². The van der Waals surface area contributed by atoms with Crippen LogP contribution in [0, 0.1) is 0 Å². The average Bonchev–Trinajstić information content (AvgIpc) is 3.70. The number of aliphatic hydroxyl groups is 1. The van der Waals surface area contributed by atoms with Crippen molar-refractivity contribution in [3.8, 4) is 11.4 Å². The number of ether oxygens (including phenoxy) is 1. The molecule has 0 unspecified atom stereocenters. The van der Waals surface area contributed by atoms with Crippen LogP contribution >= 0.6 is 11.8 Å². The number of primary amides is 1. The molecule has 0 atom stereocenters. The van der Waals surface area contributed by atoms with E-state index in [4.69, 9.17) is 24.6 Å². The SMILES string of the molecule is NC=O.OCCNc1ccc(-c2nc(N3CCOCC3)cc(C3(Sc4ccccc4)CC3)n2)cc1. The number of nitrogens with zero attached hydrogens (tertiary/aromatic N) is 3. The third-order valence-corrected chi connectivity index (χ3v) is 7.38. The highest BCUT2D eigenvalue weighted by molar-refractivity contribution is 8.00. The average molecular weight is 494 g/mol. The number of morpholine rings is 1. The summed E-state index contributed by atoms with van der Waals surface area (Å²) in [6, 6.07) is 20.9. The minimum absolute atomic E-state index is 0.0166. The van der Waals surface area contributed by atoms with E-state index in [-0.39, 0.29) is 17.8 Å². The predicted molar refractivity (Wildman–Crippen MR) is 140 cm³/mol. The zero-order chi connectivity index (χ0) is 24.5. The maximum Gasteiger partial charge on any atom is 0.204 e. The van der Waals surface area contributed by atoms with Gasteiger partial charge >= 0.3 is 0 Å². The van der Waals surface area contributed by atoms with Gasteiger partial charge < -0.3 is 25.8 Å². The summed E-state index contributed by atoms with van der Waals surface area (Å²) in [5, 5.41) is 12.2. The Kier molecular flexibility index (Phi) is 8.57. The molecule has 4 N–H and O–H groups in total. The third-order valence-electron chi connectivity index (χ3n) is 5.86. The van der Waals surface area contributed by atoms with Gasteiger partial charge in [-0.1, -0.05) is 18.2 Å². The third kappa shape index (κ3) is 6.50. The first kappa shape index (κ1) is 25.0. The van der Waals surface area contributed by atoms with Gasteiger partial charge in [0, 0.05) is 41.8 Å². The van der Waals surface area contributed by atoms with E-state index < -0.39 is 0 Å². The number of nitrogens with two attached hydrogens (primary N) is 1. The quantitative estimate of drug-likeness (QED) is 0.410. The standard InChI is InChI=1S/C25H28N4O2S.CH3NO/c30-15-12-26-20-8-6-19(7-9-20)24-27-22(18-23(28-24)29-13-16-31-17-14-29)25(10-11-25)32-21-4-2-1-3-5-21;2-1-3/h1-9,18,26,30H,10-17H2;1H,(H2,2,3). The lowest BCUT2D eigenvalue weighted by molar-refractivity contribution is -0.106. The highest BCUT2D eigenvalue weighted by Crippen LogP contribution is 2.59. The fourth-order valence-electron chi connectivity index (χ4n) is 3.93. The zero-order valence-electron chi connectivity index (χ0n) is 19.6. The monoisotopic (exact) mass is 493 g/mol. The molecule has 2 aromatic carbocycles. The van der Waals surface area contributed by atoms with Crippen LogP contribution in [0.3, 0.4) is 0 Å². The molecule has 2 fully saturated rings. The molecular formula is C26H31N5O3S. The summed E-state index contributed by atoms with van der Waals surface area (Å²) >= 11 is 1.91. The molecule has 1 aliphatic heterocycles. The van der Waals surface area contributed by atoms with Crippen LogP contribution in [0.15, 0.2) is 65.6 Å². The maximum absolute atomic E-state index is 9.03. The van der Waals surface area contributed by atoms with Crippen molar-refractivity contribution < 1.29 is 14.6 Å².